The van der Waals surface area contributed by atoms with Crippen molar-refractivity contribution in [2.75, 3.05) is 11.4 Å². The minimum absolute atomic E-state index is 0.0285. The number of nitrogens with zero attached hydrogens (tertiary/aromatic N) is 1. The zero-order valence-electron chi connectivity index (χ0n) is 18.7. The average molecular weight is 446 g/mol. The first kappa shape index (κ1) is 23.7. The summed E-state index contributed by atoms with van der Waals surface area (Å²) in [6.07, 6.45) is 9.62. The molecular formula is C25H35NO4S. The van der Waals surface area contributed by atoms with Crippen LogP contribution in [0.25, 0.3) is 5.57 Å². The molecule has 170 valence electrons. The number of allylic oxidation sites excluding steroid dienone is 3. The highest BCUT2D eigenvalue weighted by atomic mass is 32.1. The lowest BCUT2D eigenvalue weighted by molar-refractivity contribution is -0.123. The lowest BCUT2D eigenvalue weighted by Gasteiger charge is -2.31. The molecule has 6 heteroatoms. The van der Waals surface area contributed by atoms with E-state index in [4.69, 9.17) is 0 Å². The number of anilines is 1. The van der Waals surface area contributed by atoms with Crippen molar-refractivity contribution in [2.45, 2.75) is 77.7 Å². The topological polar surface area (TPSA) is 77.8 Å². The van der Waals surface area contributed by atoms with Crippen LogP contribution in [0.5, 0.6) is 0 Å². The van der Waals surface area contributed by atoms with Gasteiger partial charge in [-0.25, -0.2) is 4.79 Å². The number of aromatic carboxylic acids is 1. The molecule has 31 heavy (non-hydrogen) atoms. The minimum Gasteiger partial charge on any atom is -0.477 e. The summed E-state index contributed by atoms with van der Waals surface area (Å²) in [5.41, 5.74) is 2.55. The number of hydrogen-bond acceptors (Lipinski definition) is 4. The molecule has 1 atom stereocenters. The largest absolute Gasteiger partial charge is 0.477 e. The van der Waals surface area contributed by atoms with E-state index in [1.807, 2.05) is 6.07 Å². The summed E-state index contributed by atoms with van der Waals surface area (Å²) in [5, 5.41) is 19.6. The molecule has 2 aliphatic rings. The maximum absolute atomic E-state index is 13.5. The van der Waals surface area contributed by atoms with E-state index in [0.29, 0.717) is 31.0 Å². The molecule has 1 saturated carbocycles. The van der Waals surface area contributed by atoms with Crippen molar-refractivity contribution in [2.24, 2.45) is 11.8 Å². The molecule has 0 radical (unpaired) electrons. The van der Waals surface area contributed by atoms with Gasteiger partial charge in [-0.05, 0) is 87.8 Å². The van der Waals surface area contributed by atoms with Gasteiger partial charge < -0.3 is 15.1 Å². The Bertz CT molecular complexity index is 846. The molecule has 1 aromatic rings. The zero-order valence-corrected chi connectivity index (χ0v) is 19.5. The SMILES string of the molecule is C=C1CCCC=C1c1cc(N(CCCC(C)O)C(=O)C2CCC(C)CC2)c(C(=O)O)s1. The molecule has 1 aromatic heterocycles. The van der Waals surface area contributed by atoms with Crippen LogP contribution in [0.1, 0.15) is 86.2 Å². The number of hydrogen-bond donors (Lipinski definition) is 2. The van der Waals surface area contributed by atoms with E-state index in [0.717, 1.165) is 61.0 Å². The summed E-state index contributed by atoms with van der Waals surface area (Å²) >= 11 is 1.24. The van der Waals surface area contributed by atoms with Crippen molar-refractivity contribution in [3.05, 3.63) is 34.0 Å². The number of carbonyl (C=O) groups is 2. The molecule has 1 amide bonds. The van der Waals surface area contributed by atoms with E-state index < -0.39 is 12.1 Å². The van der Waals surface area contributed by atoms with Gasteiger partial charge in [0.25, 0.3) is 0 Å². The Morgan fingerprint density at radius 3 is 2.61 bits per heavy atom. The fourth-order valence-electron chi connectivity index (χ4n) is 4.61. The molecule has 0 bridgehead atoms. The first-order valence-corrected chi connectivity index (χ1v) is 12.3. The van der Waals surface area contributed by atoms with Crippen LogP contribution < -0.4 is 4.90 Å². The summed E-state index contributed by atoms with van der Waals surface area (Å²) in [4.78, 5) is 28.4. The maximum atomic E-state index is 13.5. The Morgan fingerprint density at radius 2 is 2.00 bits per heavy atom. The van der Waals surface area contributed by atoms with E-state index >= 15 is 0 Å². The number of carboxylic acids is 1. The normalized spacial score (nSPS) is 22.7. The summed E-state index contributed by atoms with van der Waals surface area (Å²) in [6.45, 7) is 8.55. The smallest absolute Gasteiger partial charge is 0.348 e. The quantitative estimate of drug-likeness (QED) is 0.523. The maximum Gasteiger partial charge on any atom is 0.348 e. The summed E-state index contributed by atoms with van der Waals surface area (Å²) in [5.74, 6) is -0.393. The number of carbonyl (C=O) groups excluding carboxylic acids is 1. The Morgan fingerprint density at radius 1 is 1.29 bits per heavy atom. The van der Waals surface area contributed by atoms with Crippen LogP contribution in [0.4, 0.5) is 5.69 Å². The second kappa shape index (κ2) is 10.6. The Balaban J connectivity index is 1.94. The van der Waals surface area contributed by atoms with Crippen molar-refractivity contribution in [1.29, 1.82) is 0 Å². The first-order chi connectivity index (χ1) is 14.8. The van der Waals surface area contributed by atoms with Gasteiger partial charge in [0.1, 0.15) is 4.88 Å². The average Bonchev–Trinajstić information content (AvgIpc) is 3.16. The molecule has 0 saturated heterocycles. The number of rotatable bonds is 8. The van der Waals surface area contributed by atoms with Crippen molar-refractivity contribution in [3.8, 4) is 0 Å². The zero-order chi connectivity index (χ0) is 22.5. The van der Waals surface area contributed by atoms with Crippen LogP contribution in [-0.2, 0) is 4.79 Å². The first-order valence-electron chi connectivity index (χ1n) is 11.5. The molecule has 2 N–H and O–H groups in total. The highest BCUT2D eigenvalue weighted by Gasteiger charge is 2.32. The molecule has 0 spiro atoms. The van der Waals surface area contributed by atoms with E-state index in [9.17, 15) is 19.8 Å². The fourth-order valence-corrected chi connectivity index (χ4v) is 5.69. The molecule has 1 unspecified atom stereocenters. The Hall–Kier alpha value is -1.92. The Labute approximate surface area is 189 Å². The van der Waals surface area contributed by atoms with Crippen molar-refractivity contribution < 1.29 is 19.8 Å². The number of aliphatic hydroxyl groups is 1. The van der Waals surface area contributed by atoms with E-state index in [2.05, 4.69) is 19.6 Å². The third kappa shape index (κ3) is 5.86. The molecular weight excluding hydrogens is 410 g/mol. The third-order valence-corrected chi connectivity index (χ3v) is 7.66. The van der Waals surface area contributed by atoms with Crippen LogP contribution >= 0.6 is 11.3 Å². The van der Waals surface area contributed by atoms with Gasteiger partial charge in [0.05, 0.1) is 11.8 Å². The monoisotopic (exact) mass is 445 g/mol. The second-order valence-electron chi connectivity index (χ2n) is 9.18. The number of carboxylic acid groups (broad SMARTS) is 1. The van der Waals surface area contributed by atoms with Gasteiger partial charge in [-0.2, -0.15) is 0 Å². The van der Waals surface area contributed by atoms with Gasteiger partial charge in [-0.3, -0.25) is 4.79 Å². The predicted molar refractivity (Wildman–Crippen MR) is 127 cm³/mol. The predicted octanol–water partition coefficient (Wildman–Crippen LogP) is 5.89. The van der Waals surface area contributed by atoms with Crippen LogP contribution in [0, 0.1) is 11.8 Å². The van der Waals surface area contributed by atoms with Crippen LogP contribution in [0.3, 0.4) is 0 Å². The highest BCUT2D eigenvalue weighted by Crippen LogP contribution is 2.41. The summed E-state index contributed by atoms with van der Waals surface area (Å²) < 4.78 is 0. The van der Waals surface area contributed by atoms with Gasteiger partial charge in [0.15, 0.2) is 0 Å². The van der Waals surface area contributed by atoms with E-state index in [1.165, 1.54) is 11.3 Å². The summed E-state index contributed by atoms with van der Waals surface area (Å²) in [6, 6.07) is 1.88. The number of aliphatic hydroxyl groups excluding tert-OH is 1. The van der Waals surface area contributed by atoms with Gasteiger partial charge in [0.2, 0.25) is 5.91 Å². The standard InChI is InChI=1S/C25H35NO4S/c1-16-10-12-19(13-11-16)24(28)26(14-6-8-18(3)27)21-15-22(31-23(21)25(29)30)20-9-5-4-7-17(20)2/h9,15-16,18-19,27H,2,4-8,10-14H2,1,3H3,(H,29,30). The lowest BCUT2D eigenvalue weighted by atomic mass is 9.82. The van der Waals surface area contributed by atoms with Crippen molar-refractivity contribution in [1.82, 2.24) is 0 Å². The molecule has 0 aromatic carbocycles. The summed E-state index contributed by atoms with van der Waals surface area (Å²) in [7, 11) is 0. The minimum atomic E-state index is -1.00. The molecule has 1 fully saturated rings. The van der Waals surface area contributed by atoms with Crippen molar-refractivity contribution in [3.63, 3.8) is 0 Å². The molecule has 5 nitrogen and oxygen atoms in total. The van der Waals surface area contributed by atoms with Crippen LogP contribution in [0.2, 0.25) is 0 Å². The molecule has 2 aliphatic carbocycles. The van der Waals surface area contributed by atoms with E-state index in [-0.39, 0.29) is 16.7 Å². The fraction of sp³-hybridized carbons (Fsp3) is 0.600. The van der Waals surface area contributed by atoms with Gasteiger partial charge in [-0.15, -0.1) is 11.3 Å². The van der Waals surface area contributed by atoms with E-state index in [1.54, 1.807) is 11.8 Å². The second-order valence-corrected chi connectivity index (χ2v) is 10.2. The van der Waals surface area contributed by atoms with Gasteiger partial charge >= 0.3 is 5.97 Å². The van der Waals surface area contributed by atoms with Gasteiger partial charge in [-0.1, -0.05) is 19.6 Å². The van der Waals surface area contributed by atoms with Crippen molar-refractivity contribution >= 4 is 34.5 Å². The molecule has 1 heterocycles. The Kier molecular flexibility index (Phi) is 8.11. The van der Waals surface area contributed by atoms with Crippen LogP contribution in [0.15, 0.2) is 24.3 Å². The van der Waals surface area contributed by atoms with Crippen LogP contribution in [-0.4, -0.2) is 34.7 Å². The number of thiophene rings is 1. The lowest BCUT2D eigenvalue weighted by Crippen LogP contribution is -2.39. The molecule has 3 rings (SSSR count). The number of amides is 1. The van der Waals surface area contributed by atoms with Gasteiger partial charge in [0, 0.05) is 17.3 Å². The molecule has 0 aliphatic heterocycles. The highest BCUT2D eigenvalue weighted by molar-refractivity contribution is 7.15. The third-order valence-electron chi connectivity index (χ3n) is 6.51.